The van der Waals surface area contributed by atoms with E-state index in [4.69, 9.17) is 4.42 Å². The van der Waals surface area contributed by atoms with Gasteiger partial charge in [-0.05, 0) is 35.2 Å². The summed E-state index contributed by atoms with van der Waals surface area (Å²) in [7, 11) is 0. The minimum atomic E-state index is -0.125. The van der Waals surface area contributed by atoms with Crippen LogP contribution in [-0.2, 0) is 10.2 Å². The summed E-state index contributed by atoms with van der Waals surface area (Å²) in [5.74, 6) is 0.453. The molecule has 2 aromatic heterocycles. The number of aromatic nitrogens is 3. The molecule has 1 aromatic carbocycles. The highest BCUT2D eigenvalue weighted by atomic mass is 32.2. The third-order valence-electron chi connectivity index (χ3n) is 3.68. The van der Waals surface area contributed by atoms with Crippen LogP contribution in [0, 0.1) is 0 Å². The largest absolute Gasteiger partial charge is 0.411 e. The van der Waals surface area contributed by atoms with E-state index in [-0.39, 0.29) is 17.1 Å². The van der Waals surface area contributed by atoms with E-state index in [1.807, 2.05) is 30.3 Å². The van der Waals surface area contributed by atoms with Crippen LogP contribution in [0.4, 0.5) is 5.69 Å². The average Bonchev–Trinajstić information content (AvgIpc) is 3.09. The fraction of sp³-hybridized carbons (Fsp3) is 0.263. The van der Waals surface area contributed by atoms with Crippen molar-refractivity contribution >= 4 is 23.4 Å². The van der Waals surface area contributed by atoms with Crippen molar-refractivity contribution in [3.05, 3.63) is 54.4 Å². The first-order valence-electron chi connectivity index (χ1n) is 8.19. The Balaban J connectivity index is 1.54. The summed E-state index contributed by atoms with van der Waals surface area (Å²) in [5, 5.41) is 11.1. The third-order valence-corrected chi connectivity index (χ3v) is 4.49. The quantitative estimate of drug-likeness (QED) is 0.681. The highest BCUT2D eigenvalue weighted by Gasteiger charge is 2.14. The Morgan fingerprint density at radius 3 is 2.58 bits per heavy atom. The summed E-state index contributed by atoms with van der Waals surface area (Å²) in [6.45, 7) is 6.46. The second-order valence-corrected chi connectivity index (χ2v) is 7.71. The number of hydrogen-bond donors (Lipinski definition) is 1. The number of nitrogens with one attached hydrogen (secondary N) is 1. The van der Waals surface area contributed by atoms with E-state index < -0.39 is 0 Å². The molecule has 26 heavy (non-hydrogen) atoms. The van der Waals surface area contributed by atoms with Crippen molar-refractivity contribution < 1.29 is 9.21 Å². The van der Waals surface area contributed by atoms with E-state index in [1.54, 1.807) is 18.5 Å². The number of nitrogens with zero attached hydrogens (tertiary/aromatic N) is 3. The number of hydrogen-bond acceptors (Lipinski definition) is 6. The Labute approximate surface area is 156 Å². The first-order valence-corrected chi connectivity index (χ1v) is 9.17. The van der Waals surface area contributed by atoms with Crippen LogP contribution in [0.15, 0.2) is 58.4 Å². The normalized spacial score (nSPS) is 11.3. The highest BCUT2D eigenvalue weighted by molar-refractivity contribution is 7.99. The van der Waals surface area contributed by atoms with Gasteiger partial charge in [-0.25, -0.2) is 0 Å². The molecule has 0 unspecified atom stereocenters. The number of rotatable bonds is 5. The Morgan fingerprint density at radius 1 is 1.15 bits per heavy atom. The summed E-state index contributed by atoms with van der Waals surface area (Å²) >= 11 is 1.20. The molecule has 6 nitrogen and oxygen atoms in total. The SMILES string of the molecule is CC(C)(C)c1ccc(NC(=O)CSc2nnc(-c3cccnc3)o2)cc1. The van der Waals surface area contributed by atoms with Gasteiger partial charge in [0, 0.05) is 18.1 Å². The minimum absolute atomic E-state index is 0.0856. The van der Waals surface area contributed by atoms with Crippen molar-refractivity contribution in [3.63, 3.8) is 0 Å². The summed E-state index contributed by atoms with van der Waals surface area (Å²) in [5.41, 5.74) is 2.82. The summed E-state index contributed by atoms with van der Waals surface area (Å²) in [6, 6.07) is 11.5. The molecular formula is C19H20N4O2S. The Morgan fingerprint density at radius 2 is 1.92 bits per heavy atom. The molecule has 0 fully saturated rings. The van der Waals surface area contributed by atoms with E-state index >= 15 is 0 Å². The second-order valence-electron chi connectivity index (χ2n) is 6.78. The first-order chi connectivity index (χ1) is 12.4. The predicted octanol–water partition coefficient (Wildman–Crippen LogP) is 4.16. The van der Waals surface area contributed by atoms with Gasteiger partial charge in [-0.1, -0.05) is 44.7 Å². The number of benzene rings is 1. The molecule has 3 aromatic rings. The van der Waals surface area contributed by atoms with Crippen LogP contribution < -0.4 is 5.32 Å². The molecule has 0 atom stereocenters. The van der Waals surface area contributed by atoms with Crippen molar-refractivity contribution in [1.82, 2.24) is 15.2 Å². The van der Waals surface area contributed by atoms with E-state index in [0.29, 0.717) is 11.1 Å². The van der Waals surface area contributed by atoms with Crippen molar-refractivity contribution in [2.24, 2.45) is 0 Å². The maximum Gasteiger partial charge on any atom is 0.277 e. The third kappa shape index (κ3) is 4.70. The van der Waals surface area contributed by atoms with Gasteiger partial charge in [0.25, 0.3) is 5.22 Å². The number of carbonyl (C=O) groups excluding carboxylic acids is 1. The molecule has 0 saturated carbocycles. The summed E-state index contributed by atoms with van der Waals surface area (Å²) in [4.78, 5) is 16.1. The minimum Gasteiger partial charge on any atom is -0.411 e. The lowest BCUT2D eigenvalue weighted by Gasteiger charge is -2.19. The smallest absolute Gasteiger partial charge is 0.277 e. The van der Waals surface area contributed by atoms with E-state index in [0.717, 1.165) is 11.3 Å². The Bertz CT molecular complexity index is 871. The molecule has 0 aliphatic carbocycles. The number of pyridine rings is 1. The number of thioether (sulfide) groups is 1. The highest BCUT2D eigenvalue weighted by Crippen LogP contribution is 2.24. The molecule has 3 rings (SSSR count). The molecular weight excluding hydrogens is 348 g/mol. The average molecular weight is 368 g/mol. The maximum atomic E-state index is 12.1. The van der Waals surface area contributed by atoms with Crippen molar-refractivity contribution in [1.29, 1.82) is 0 Å². The topological polar surface area (TPSA) is 80.9 Å². The molecule has 7 heteroatoms. The summed E-state index contributed by atoms with van der Waals surface area (Å²) < 4.78 is 5.54. The second kappa shape index (κ2) is 7.70. The van der Waals surface area contributed by atoms with E-state index in [2.05, 4.69) is 41.3 Å². The number of anilines is 1. The molecule has 2 heterocycles. The lowest BCUT2D eigenvalue weighted by Crippen LogP contribution is -2.15. The zero-order chi connectivity index (χ0) is 18.6. The standard InChI is InChI=1S/C19H20N4O2S/c1-19(2,3)14-6-8-15(9-7-14)21-16(24)12-26-18-23-22-17(25-18)13-5-4-10-20-11-13/h4-11H,12H2,1-3H3,(H,21,24). The monoisotopic (exact) mass is 368 g/mol. The Kier molecular flexibility index (Phi) is 5.37. The predicted molar refractivity (Wildman–Crippen MR) is 102 cm³/mol. The fourth-order valence-corrected chi connectivity index (χ4v) is 2.82. The molecule has 0 spiro atoms. The van der Waals surface area contributed by atoms with Gasteiger partial charge < -0.3 is 9.73 Å². The Hall–Kier alpha value is -2.67. The van der Waals surface area contributed by atoms with Gasteiger partial charge >= 0.3 is 0 Å². The zero-order valence-electron chi connectivity index (χ0n) is 14.9. The van der Waals surface area contributed by atoms with Crippen LogP contribution in [0.5, 0.6) is 0 Å². The van der Waals surface area contributed by atoms with Gasteiger partial charge in [0.2, 0.25) is 11.8 Å². The van der Waals surface area contributed by atoms with Crippen LogP contribution in [-0.4, -0.2) is 26.8 Å². The van der Waals surface area contributed by atoms with Gasteiger partial charge in [-0.15, -0.1) is 10.2 Å². The van der Waals surface area contributed by atoms with Crippen LogP contribution in [0.2, 0.25) is 0 Å². The van der Waals surface area contributed by atoms with Gasteiger partial charge in [0.1, 0.15) is 0 Å². The molecule has 0 radical (unpaired) electrons. The van der Waals surface area contributed by atoms with Crippen LogP contribution in [0.1, 0.15) is 26.3 Å². The molecule has 0 bridgehead atoms. The van der Waals surface area contributed by atoms with Gasteiger partial charge in [0.15, 0.2) is 0 Å². The maximum absolute atomic E-state index is 12.1. The number of amides is 1. The molecule has 134 valence electrons. The molecule has 1 amide bonds. The van der Waals surface area contributed by atoms with Gasteiger partial charge in [-0.2, -0.15) is 0 Å². The first kappa shape index (κ1) is 18.1. The molecule has 0 aliphatic heterocycles. The zero-order valence-corrected chi connectivity index (χ0v) is 15.7. The lowest BCUT2D eigenvalue weighted by molar-refractivity contribution is -0.113. The molecule has 0 saturated heterocycles. The van der Waals surface area contributed by atoms with E-state index in [1.165, 1.54) is 17.3 Å². The number of carbonyl (C=O) groups is 1. The van der Waals surface area contributed by atoms with Gasteiger partial charge in [-0.3, -0.25) is 9.78 Å². The fourth-order valence-electron chi connectivity index (χ4n) is 2.25. The lowest BCUT2D eigenvalue weighted by atomic mass is 9.87. The van der Waals surface area contributed by atoms with Gasteiger partial charge in [0.05, 0.1) is 11.3 Å². The van der Waals surface area contributed by atoms with Crippen molar-refractivity contribution in [3.8, 4) is 11.5 Å². The van der Waals surface area contributed by atoms with E-state index in [9.17, 15) is 4.79 Å². The van der Waals surface area contributed by atoms with Crippen LogP contribution in [0.25, 0.3) is 11.5 Å². The van der Waals surface area contributed by atoms with Crippen molar-refractivity contribution in [2.75, 3.05) is 11.1 Å². The van der Waals surface area contributed by atoms with Crippen LogP contribution >= 0.6 is 11.8 Å². The summed E-state index contributed by atoms with van der Waals surface area (Å²) in [6.07, 6.45) is 3.32. The molecule has 0 aliphatic rings. The molecule has 1 N–H and O–H groups in total. The van der Waals surface area contributed by atoms with Crippen LogP contribution in [0.3, 0.4) is 0 Å². The van der Waals surface area contributed by atoms with Crippen molar-refractivity contribution in [2.45, 2.75) is 31.4 Å².